The Kier molecular flexibility index (Phi) is 4.05. The van der Waals surface area contributed by atoms with Crippen LogP contribution in [0.1, 0.15) is 33.4 Å². The molecule has 0 atom stereocenters. The SMILES string of the molecule is Cc1ccc2c(c1)C1(c3ccccc3-c3ccccc31)c1cc(C)cc(-c3ccc(Cl)cc3)c1-2. The Bertz CT molecular complexity index is 1580. The second-order valence-electron chi connectivity index (χ2n) is 9.63. The van der Waals surface area contributed by atoms with E-state index in [9.17, 15) is 0 Å². The predicted molar refractivity (Wildman–Crippen MR) is 143 cm³/mol. The van der Waals surface area contributed by atoms with E-state index in [-0.39, 0.29) is 5.41 Å². The lowest BCUT2D eigenvalue weighted by molar-refractivity contribution is 0.791. The maximum atomic E-state index is 6.26. The van der Waals surface area contributed by atoms with Crippen LogP contribution in [0.5, 0.6) is 0 Å². The average molecular weight is 455 g/mol. The number of hydrogen-bond acceptors (Lipinski definition) is 0. The minimum Gasteiger partial charge on any atom is -0.0843 e. The molecule has 0 saturated heterocycles. The Morgan fingerprint density at radius 3 is 1.79 bits per heavy atom. The highest BCUT2D eigenvalue weighted by molar-refractivity contribution is 6.30. The van der Waals surface area contributed by atoms with Gasteiger partial charge in [-0.25, -0.2) is 0 Å². The van der Waals surface area contributed by atoms with Crippen molar-refractivity contribution in [3.05, 3.63) is 142 Å². The third kappa shape index (κ3) is 2.44. The summed E-state index contributed by atoms with van der Waals surface area (Å²) in [5, 5.41) is 0.763. The third-order valence-corrected chi connectivity index (χ3v) is 7.89. The number of rotatable bonds is 1. The average Bonchev–Trinajstić information content (AvgIpc) is 3.31. The zero-order valence-electron chi connectivity index (χ0n) is 19.2. The van der Waals surface area contributed by atoms with E-state index in [1.165, 1.54) is 66.8 Å². The van der Waals surface area contributed by atoms with Crippen LogP contribution in [0.3, 0.4) is 0 Å². The van der Waals surface area contributed by atoms with E-state index in [2.05, 4.69) is 105 Å². The van der Waals surface area contributed by atoms with Crippen molar-refractivity contribution in [2.24, 2.45) is 0 Å². The Labute approximate surface area is 205 Å². The van der Waals surface area contributed by atoms with Crippen molar-refractivity contribution >= 4 is 11.6 Å². The van der Waals surface area contributed by atoms with Gasteiger partial charge in [-0.15, -0.1) is 0 Å². The fourth-order valence-electron chi connectivity index (χ4n) is 6.38. The van der Waals surface area contributed by atoms with Crippen molar-refractivity contribution < 1.29 is 0 Å². The molecule has 1 spiro atoms. The lowest BCUT2D eigenvalue weighted by Gasteiger charge is -2.31. The molecule has 0 aromatic heterocycles. The predicted octanol–water partition coefficient (Wildman–Crippen LogP) is 8.97. The molecule has 0 radical (unpaired) electrons. The van der Waals surface area contributed by atoms with Crippen LogP contribution in [-0.2, 0) is 5.41 Å². The van der Waals surface area contributed by atoms with Crippen LogP contribution >= 0.6 is 11.6 Å². The van der Waals surface area contributed by atoms with Gasteiger partial charge in [0, 0.05) is 5.02 Å². The summed E-state index contributed by atoms with van der Waals surface area (Å²) in [6, 6.07) is 38.0. The summed E-state index contributed by atoms with van der Waals surface area (Å²) in [6.45, 7) is 4.42. The fourth-order valence-corrected chi connectivity index (χ4v) is 6.50. The van der Waals surface area contributed by atoms with Gasteiger partial charge in [-0.2, -0.15) is 0 Å². The number of hydrogen-bond donors (Lipinski definition) is 0. The van der Waals surface area contributed by atoms with Crippen molar-refractivity contribution in [2.45, 2.75) is 19.3 Å². The van der Waals surface area contributed by atoms with Gasteiger partial charge in [-0.3, -0.25) is 0 Å². The lowest BCUT2D eigenvalue weighted by Crippen LogP contribution is -2.26. The summed E-state index contributed by atoms with van der Waals surface area (Å²) in [7, 11) is 0. The van der Waals surface area contributed by atoms with Crippen LogP contribution in [-0.4, -0.2) is 0 Å². The molecule has 0 unspecified atom stereocenters. The van der Waals surface area contributed by atoms with Crippen LogP contribution in [0.2, 0.25) is 5.02 Å². The van der Waals surface area contributed by atoms with E-state index in [0.29, 0.717) is 0 Å². The second kappa shape index (κ2) is 6.95. The van der Waals surface area contributed by atoms with Crippen LogP contribution in [0, 0.1) is 13.8 Å². The van der Waals surface area contributed by atoms with Crippen molar-refractivity contribution in [1.29, 1.82) is 0 Å². The van der Waals surface area contributed by atoms with Crippen LogP contribution in [0.15, 0.2) is 103 Å². The van der Waals surface area contributed by atoms with Gasteiger partial charge in [0.15, 0.2) is 0 Å². The smallest absolute Gasteiger partial charge is 0.0725 e. The quantitative estimate of drug-likeness (QED) is 0.232. The van der Waals surface area contributed by atoms with Gasteiger partial charge < -0.3 is 0 Å². The summed E-state index contributed by atoms with van der Waals surface area (Å²) in [4.78, 5) is 0. The first-order valence-electron chi connectivity index (χ1n) is 11.8. The van der Waals surface area contributed by atoms with Crippen LogP contribution < -0.4 is 0 Å². The summed E-state index contributed by atoms with van der Waals surface area (Å²) in [5.41, 5.74) is 15.6. The summed E-state index contributed by atoms with van der Waals surface area (Å²) < 4.78 is 0. The first-order valence-corrected chi connectivity index (χ1v) is 12.2. The molecule has 2 aliphatic rings. The van der Waals surface area contributed by atoms with Gasteiger partial charge in [-0.1, -0.05) is 114 Å². The Morgan fingerprint density at radius 2 is 1.12 bits per heavy atom. The van der Waals surface area contributed by atoms with Gasteiger partial charge >= 0.3 is 0 Å². The molecule has 0 fully saturated rings. The van der Waals surface area contributed by atoms with Crippen molar-refractivity contribution in [2.75, 3.05) is 0 Å². The molecule has 7 rings (SSSR count). The monoisotopic (exact) mass is 454 g/mol. The summed E-state index contributed by atoms with van der Waals surface area (Å²) >= 11 is 6.26. The van der Waals surface area contributed by atoms with Crippen molar-refractivity contribution in [1.82, 2.24) is 0 Å². The third-order valence-electron chi connectivity index (χ3n) is 7.64. The van der Waals surface area contributed by atoms with Gasteiger partial charge in [0.2, 0.25) is 0 Å². The van der Waals surface area contributed by atoms with E-state index >= 15 is 0 Å². The summed E-state index contributed by atoms with van der Waals surface area (Å²) in [5.74, 6) is 0. The molecular formula is C33H23Cl. The number of halogens is 1. The largest absolute Gasteiger partial charge is 0.0843 e. The molecule has 0 bridgehead atoms. The number of benzene rings is 5. The van der Waals surface area contributed by atoms with E-state index in [1.54, 1.807) is 0 Å². The number of aryl methyl sites for hydroxylation is 2. The molecule has 0 heterocycles. The summed E-state index contributed by atoms with van der Waals surface area (Å²) in [6.07, 6.45) is 0. The van der Waals surface area contributed by atoms with Gasteiger partial charge in [0.05, 0.1) is 5.41 Å². The fraction of sp³-hybridized carbons (Fsp3) is 0.0909. The highest BCUT2D eigenvalue weighted by atomic mass is 35.5. The van der Waals surface area contributed by atoms with Gasteiger partial charge in [0.25, 0.3) is 0 Å². The topological polar surface area (TPSA) is 0 Å². The van der Waals surface area contributed by atoms with Crippen molar-refractivity contribution in [3.63, 3.8) is 0 Å². The van der Waals surface area contributed by atoms with Gasteiger partial charge in [-0.05, 0) is 81.6 Å². The zero-order valence-corrected chi connectivity index (χ0v) is 19.9. The van der Waals surface area contributed by atoms with E-state index < -0.39 is 0 Å². The highest BCUT2D eigenvalue weighted by Crippen LogP contribution is 2.64. The maximum Gasteiger partial charge on any atom is 0.0725 e. The number of fused-ring (bicyclic) bond motifs is 10. The minimum atomic E-state index is -0.308. The molecule has 0 aliphatic heterocycles. The molecule has 5 aromatic carbocycles. The molecule has 2 aliphatic carbocycles. The second-order valence-corrected chi connectivity index (χ2v) is 10.1. The standard InChI is InChI=1S/C33H23Cl/c1-20-11-16-26-30(18-20)33(28-9-5-3-7-24(28)25-8-4-6-10-29(25)33)31-19-21(2)17-27(32(26)31)22-12-14-23(34)15-13-22/h3-19H,1-2H3. The normalized spacial score (nSPS) is 14.0. The maximum absolute atomic E-state index is 6.26. The zero-order chi connectivity index (χ0) is 23.0. The molecule has 34 heavy (non-hydrogen) atoms. The molecular weight excluding hydrogens is 432 g/mol. The van der Waals surface area contributed by atoms with Crippen LogP contribution in [0.25, 0.3) is 33.4 Å². The lowest BCUT2D eigenvalue weighted by atomic mass is 9.70. The first kappa shape index (κ1) is 19.8. The molecule has 0 saturated carbocycles. The molecule has 0 amide bonds. The Balaban J connectivity index is 1.69. The van der Waals surface area contributed by atoms with E-state index in [0.717, 1.165) is 5.02 Å². The molecule has 0 nitrogen and oxygen atoms in total. The molecule has 5 aromatic rings. The van der Waals surface area contributed by atoms with Crippen molar-refractivity contribution in [3.8, 4) is 33.4 Å². The van der Waals surface area contributed by atoms with Gasteiger partial charge in [0.1, 0.15) is 0 Å². The minimum absolute atomic E-state index is 0.308. The Morgan fingerprint density at radius 1 is 0.500 bits per heavy atom. The van der Waals surface area contributed by atoms with E-state index in [4.69, 9.17) is 11.6 Å². The van der Waals surface area contributed by atoms with E-state index in [1.807, 2.05) is 12.1 Å². The molecule has 0 N–H and O–H groups in total. The van der Waals surface area contributed by atoms with Crippen LogP contribution in [0.4, 0.5) is 0 Å². The Hall–Kier alpha value is -3.61. The molecule has 1 heteroatoms. The first-order chi connectivity index (χ1) is 16.6. The highest BCUT2D eigenvalue weighted by Gasteiger charge is 2.52. The molecule has 162 valence electrons.